The van der Waals surface area contributed by atoms with Crippen LogP contribution in [-0.2, 0) is 29.4 Å². The summed E-state index contributed by atoms with van der Waals surface area (Å²) < 4.78 is 7.20. The van der Waals surface area contributed by atoms with Crippen LogP contribution in [0.25, 0.3) is 0 Å². The molecule has 4 nitrogen and oxygen atoms in total. The van der Waals surface area contributed by atoms with Gasteiger partial charge < -0.3 is 0 Å². The summed E-state index contributed by atoms with van der Waals surface area (Å²) in [4.78, 5) is 21.3. The fourth-order valence-corrected chi connectivity index (χ4v) is 14.6. The van der Waals surface area contributed by atoms with E-state index in [0.29, 0.717) is 16.4 Å². The SMILES string of the molecule is O=COc1cc[c]([Hg][c]2ccc(C(=O)O)s2)s1. The molecule has 0 fully saturated rings. The van der Waals surface area contributed by atoms with Gasteiger partial charge in [0.2, 0.25) is 0 Å². The van der Waals surface area contributed by atoms with Gasteiger partial charge >= 0.3 is 118 Å². The van der Waals surface area contributed by atoms with Crippen molar-refractivity contribution in [2.24, 2.45) is 0 Å². The van der Waals surface area contributed by atoms with Crippen molar-refractivity contribution < 1.29 is 44.0 Å². The Hall–Kier alpha value is -0.725. The van der Waals surface area contributed by atoms with E-state index in [-0.39, 0.29) is 0 Å². The molecule has 17 heavy (non-hydrogen) atoms. The van der Waals surface area contributed by atoms with E-state index in [4.69, 9.17) is 9.84 Å². The summed E-state index contributed by atoms with van der Waals surface area (Å²) in [7, 11) is 0. The Kier molecular flexibility index (Phi) is 4.30. The van der Waals surface area contributed by atoms with Gasteiger partial charge in [-0.05, 0) is 0 Å². The van der Waals surface area contributed by atoms with Crippen molar-refractivity contribution in [2.75, 3.05) is 0 Å². The summed E-state index contributed by atoms with van der Waals surface area (Å²) in [6.07, 6.45) is 0. The van der Waals surface area contributed by atoms with Gasteiger partial charge in [-0.1, -0.05) is 0 Å². The Morgan fingerprint density at radius 1 is 1.24 bits per heavy atom. The fraction of sp³-hybridized carbons (Fsp3) is 0. The van der Waals surface area contributed by atoms with Gasteiger partial charge in [0.05, 0.1) is 0 Å². The zero-order valence-corrected chi connectivity index (χ0v) is 15.7. The molecular formula is C10H6HgO4S2. The van der Waals surface area contributed by atoms with E-state index < -0.39 is 30.5 Å². The third-order valence-corrected chi connectivity index (χ3v) is 14.2. The molecule has 0 saturated carbocycles. The molecule has 0 aliphatic rings. The van der Waals surface area contributed by atoms with Crippen LogP contribution >= 0.6 is 22.7 Å². The molecule has 7 heteroatoms. The quantitative estimate of drug-likeness (QED) is 0.542. The Morgan fingerprint density at radius 3 is 2.59 bits per heavy atom. The van der Waals surface area contributed by atoms with Gasteiger partial charge in [-0.2, -0.15) is 0 Å². The molecule has 2 heterocycles. The van der Waals surface area contributed by atoms with Crippen LogP contribution < -0.4 is 9.51 Å². The van der Waals surface area contributed by atoms with E-state index in [1.807, 2.05) is 12.1 Å². The van der Waals surface area contributed by atoms with E-state index in [1.54, 1.807) is 12.1 Å². The van der Waals surface area contributed by atoms with Gasteiger partial charge in [0.25, 0.3) is 0 Å². The summed E-state index contributed by atoms with van der Waals surface area (Å²) >= 11 is 1.37. The normalized spacial score (nSPS) is 9.65. The van der Waals surface area contributed by atoms with Crippen molar-refractivity contribution >= 4 is 39.9 Å². The van der Waals surface area contributed by atoms with E-state index in [0.717, 1.165) is 0 Å². The first-order valence-electron chi connectivity index (χ1n) is 4.70. The number of thiophene rings is 2. The Balaban J connectivity index is 2.08. The predicted octanol–water partition coefficient (Wildman–Crippen LogP) is 1.08. The molecule has 2 aromatic rings. The van der Waals surface area contributed by atoms with E-state index in [1.165, 1.54) is 27.4 Å². The number of carboxylic acid groups (broad SMARTS) is 1. The molecule has 2 rings (SSSR count). The first kappa shape index (κ1) is 12.7. The maximum atomic E-state index is 10.7. The average Bonchev–Trinajstić information content (AvgIpc) is 2.89. The summed E-state index contributed by atoms with van der Waals surface area (Å²) in [5, 5.41) is 9.42. The van der Waals surface area contributed by atoms with Crippen molar-refractivity contribution in [1.29, 1.82) is 0 Å². The summed E-state index contributed by atoms with van der Waals surface area (Å²) in [6, 6.07) is 7.29. The Bertz CT molecular complexity index is 546. The van der Waals surface area contributed by atoms with Crippen LogP contribution in [0.15, 0.2) is 24.3 Å². The topological polar surface area (TPSA) is 63.6 Å². The van der Waals surface area contributed by atoms with Crippen LogP contribution in [-0.4, -0.2) is 17.5 Å². The van der Waals surface area contributed by atoms with E-state index in [9.17, 15) is 9.59 Å². The molecule has 0 aromatic carbocycles. The molecule has 0 spiro atoms. The molecule has 0 atom stereocenters. The number of aromatic carboxylic acids is 1. The molecule has 0 amide bonds. The molecule has 0 unspecified atom stereocenters. The third-order valence-electron chi connectivity index (χ3n) is 2.02. The van der Waals surface area contributed by atoms with Crippen molar-refractivity contribution in [3.05, 3.63) is 29.1 Å². The zero-order valence-electron chi connectivity index (χ0n) is 8.58. The van der Waals surface area contributed by atoms with Gasteiger partial charge in [0.1, 0.15) is 0 Å². The van der Waals surface area contributed by atoms with E-state index in [2.05, 4.69) is 0 Å². The number of hydrogen-bond acceptors (Lipinski definition) is 5. The summed E-state index contributed by atoms with van der Waals surface area (Å²) in [5.41, 5.74) is 0. The molecule has 0 bridgehead atoms. The minimum absolute atomic E-state index is 0.390. The summed E-state index contributed by atoms with van der Waals surface area (Å²) in [6.45, 7) is 0.417. The van der Waals surface area contributed by atoms with Crippen LogP contribution in [0, 0.1) is 0 Å². The van der Waals surface area contributed by atoms with Crippen molar-refractivity contribution in [3.63, 3.8) is 0 Å². The van der Waals surface area contributed by atoms with E-state index >= 15 is 0 Å². The van der Waals surface area contributed by atoms with Crippen LogP contribution in [0.2, 0.25) is 0 Å². The molecule has 2 aromatic heterocycles. The molecule has 0 radical (unpaired) electrons. The number of carbonyl (C=O) groups excluding carboxylic acids is 1. The van der Waals surface area contributed by atoms with Crippen LogP contribution in [0.4, 0.5) is 0 Å². The summed E-state index contributed by atoms with van der Waals surface area (Å²) in [5.74, 6) is -0.870. The standard InChI is InChI=1S/2C5H3O2S.Hg/c6-4-7-5-2-1-3-8-5;6-5(7)4-2-1-3-8-4;/h1-2,4H;1-2H,(H,6,7);. The zero-order chi connectivity index (χ0) is 12.3. The maximum absolute atomic E-state index is 10.7. The monoisotopic (exact) mass is 456 g/mol. The second kappa shape index (κ2) is 5.75. The van der Waals surface area contributed by atoms with Gasteiger partial charge in [0.15, 0.2) is 0 Å². The minimum atomic E-state index is -1.46. The van der Waals surface area contributed by atoms with Gasteiger partial charge in [0, 0.05) is 0 Å². The fourth-order valence-electron chi connectivity index (χ4n) is 1.32. The van der Waals surface area contributed by atoms with Gasteiger partial charge in [-0.15, -0.1) is 0 Å². The van der Waals surface area contributed by atoms with Gasteiger partial charge in [-0.3, -0.25) is 0 Å². The second-order valence-corrected chi connectivity index (χ2v) is 16.8. The van der Waals surface area contributed by atoms with Crippen LogP contribution in [0.1, 0.15) is 9.67 Å². The first-order chi connectivity index (χ1) is 8.19. The Morgan fingerprint density at radius 2 is 1.94 bits per heavy atom. The first-order valence-corrected chi connectivity index (χ1v) is 11.8. The number of hydrogen-bond donors (Lipinski definition) is 1. The molecule has 0 aliphatic carbocycles. The molecule has 1 N–H and O–H groups in total. The number of rotatable bonds is 5. The van der Waals surface area contributed by atoms with Crippen molar-refractivity contribution in [2.45, 2.75) is 0 Å². The third kappa shape index (κ3) is 3.37. The number of carbonyl (C=O) groups is 2. The van der Waals surface area contributed by atoms with Crippen LogP contribution in [0.5, 0.6) is 5.06 Å². The van der Waals surface area contributed by atoms with Crippen LogP contribution in [0.3, 0.4) is 0 Å². The number of ether oxygens (including phenoxy) is 1. The average molecular weight is 455 g/mol. The Labute approximate surface area is 117 Å². The van der Waals surface area contributed by atoms with Crippen molar-refractivity contribution in [1.82, 2.24) is 0 Å². The second-order valence-electron chi connectivity index (χ2n) is 3.18. The van der Waals surface area contributed by atoms with Gasteiger partial charge in [-0.25, -0.2) is 0 Å². The number of carboxylic acids is 1. The van der Waals surface area contributed by atoms with Crippen molar-refractivity contribution in [3.8, 4) is 5.06 Å². The molecular weight excluding hydrogens is 449 g/mol. The molecule has 84 valence electrons. The molecule has 0 saturated heterocycles. The molecule has 0 aliphatic heterocycles. The predicted molar refractivity (Wildman–Crippen MR) is 61.6 cm³/mol.